The summed E-state index contributed by atoms with van der Waals surface area (Å²) in [5.74, 6) is -0.731. The molecule has 4 rings (SSSR count). The molecule has 0 amide bonds. The Labute approximate surface area is 165 Å². The third kappa shape index (κ3) is 3.69. The van der Waals surface area contributed by atoms with Crippen molar-refractivity contribution in [2.75, 3.05) is 0 Å². The van der Waals surface area contributed by atoms with E-state index in [0.29, 0.717) is 21.8 Å². The quantitative estimate of drug-likeness (QED) is 0.424. The lowest BCUT2D eigenvalue weighted by Gasteiger charge is -2.06. The average Bonchev–Trinajstić information content (AvgIpc) is 3.14. The van der Waals surface area contributed by atoms with E-state index in [1.807, 2.05) is 0 Å². The minimum absolute atomic E-state index is 0.124. The summed E-state index contributed by atoms with van der Waals surface area (Å²) in [5, 5.41) is 0.763. The molecule has 28 heavy (non-hydrogen) atoms. The van der Waals surface area contributed by atoms with Crippen molar-refractivity contribution in [1.29, 1.82) is 4.78 Å². The van der Waals surface area contributed by atoms with E-state index in [1.165, 1.54) is 41.8 Å². The molecule has 0 atom stereocenters. The van der Waals surface area contributed by atoms with Gasteiger partial charge < -0.3 is 8.99 Å². The van der Waals surface area contributed by atoms with E-state index < -0.39 is 10.6 Å². The number of hydrogen-bond donors (Lipinski definition) is 1. The molecule has 8 heteroatoms. The molecule has 0 spiro atoms. The van der Waals surface area contributed by atoms with Crippen LogP contribution in [0.3, 0.4) is 0 Å². The van der Waals surface area contributed by atoms with Crippen LogP contribution in [0.4, 0.5) is 8.78 Å². The van der Waals surface area contributed by atoms with Crippen LogP contribution in [-0.2, 0) is 14.8 Å². The second-order valence-corrected chi connectivity index (χ2v) is 7.82. The molecule has 2 aromatic carbocycles. The minimum Gasteiger partial charge on any atom is -0.439 e. The number of pyridine rings is 1. The molecule has 0 radical (unpaired) electrons. The van der Waals surface area contributed by atoms with Crippen molar-refractivity contribution in [3.05, 3.63) is 78.5 Å². The largest absolute Gasteiger partial charge is 0.439 e. The predicted molar refractivity (Wildman–Crippen MR) is 105 cm³/mol. The number of benzene rings is 2. The van der Waals surface area contributed by atoms with Gasteiger partial charge in [0.15, 0.2) is 0 Å². The van der Waals surface area contributed by atoms with Crippen molar-refractivity contribution in [1.82, 2.24) is 9.97 Å². The highest BCUT2D eigenvalue weighted by atomic mass is 32.2. The summed E-state index contributed by atoms with van der Waals surface area (Å²) in [4.78, 5) is 9.33. The topological polar surface area (TPSA) is 66.7 Å². The van der Waals surface area contributed by atoms with Gasteiger partial charge in [0.2, 0.25) is 0 Å². The summed E-state index contributed by atoms with van der Waals surface area (Å²) in [6.07, 6.45) is 1.48. The summed E-state index contributed by atoms with van der Waals surface area (Å²) in [6.45, 7) is 0. The zero-order chi connectivity index (χ0) is 19.7. The highest BCUT2D eigenvalue weighted by molar-refractivity contribution is 7.73. The molecule has 4 aromatic rings. The van der Waals surface area contributed by atoms with Crippen LogP contribution in [0.15, 0.2) is 71.9 Å². The zero-order valence-corrected chi connectivity index (χ0v) is 15.9. The van der Waals surface area contributed by atoms with Crippen molar-refractivity contribution >= 4 is 21.9 Å². The molecule has 0 aliphatic heterocycles. The van der Waals surface area contributed by atoms with Crippen LogP contribution in [0.5, 0.6) is 0 Å². The second kappa shape index (κ2) is 7.57. The van der Waals surface area contributed by atoms with Crippen LogP contribution in [0.2, 0.25) is 0 Å². The van der Waals surface area contributed by atoms with Crippen LogP contribution in [-0.4, -0.2) is 9.97 Å². The maximum Gasteiger partial charge on any atom is 0.124 e. The molecular formula is C20H12F2N3OS2-. The third-order valence-corrected chi connectivity index (χ3v) is 5.76. The third-order valence-electron chi connectivity index (χ3n) is 4.00. The molecule has 0 aliphatic carbocycles. The first kappa shape index (κ1) is 18.4. The first-order valence-electron chi connectivity index (χ1n) is 8.13. The molecule has 0 saturated heterocycles. The Morgan fingerprint density at radius 1 is 0.893 bits per heavy atom. The van der Waals surface area contributed by atoms with E-state index in [1.54, 1.807) is 36.4 Å². The zero-order valence-electron chi connectivity index (χ0n) is 14.2. The normalized spacial score (nSPS) is 11.1. The second-order valence-electron chi connectivity index (χ2n) is 5.87. The molecular weight excluding hydrogens is 400 g/mol. The highest BCUT2D eigenvalue weighted by Gasteiger charge is 2.17. The van der Waals surface area contributed by atoms with Crippen LogP contribution >= 0.6 is 11.3 Å². The number of nitrogens with zero attached hydrogens (tertiary/aromatic N) is 2. The fourth-order valence-corrected chi connectivity index (χ4v) is 4.20. The number of nitrogens with one attached hydrogen (secondary N) is 1. The molecule has 0 fully saturated rings. The Kier molecular flexibility index (Phi) is 4.97. The molecule has 140 valence electrons. The summed E-state index contributed by atoms with van der Waals surface area (Å²) in [5.41, 5.74) is 2.55. The van der Waals surface area contributed by atoms with Gasteiger partial charge in [-0.1, -0.05) is 18.2 Å². The molecule has 2 heterocycles. The fourth-order valence-electron chi connectivity index (χ4n) is 2.72. The molecule has 1 N–H and O–H groups in total. The smallest absolute Gasteiger partial charge is 0.124 e. The number of rotatable bonds is 4. The average molecular weight is 412 g/mol. The minimum atomic E-state index is -1.98. The summed E-state index contributed by atoms with van der Waals surface area (Å²) < 4.78 is 46.0. The number of halogens is 2. The van der Waals surface area contributed by atoms with Crippen LogP contribution in [0, 0.1) is 16.4 Å². The molecule has 4 nitrogen and oxygen atoms in total. The van der Waals surface area contributed by atoms with Crippen molar-refractivity contribution in [3.63, 3.8) is 0 Å². The number of hydrogen-bond acceptors (Lipinski definition) is 6. The fraction of sp³-hybridized carbons (Fsp3) is 0. The summed E-state index contributed by atoms with van der Waals surface area (Å²) in [7, 11) is -1.98. The maximum atomic E-state index is 13.8. The number of aromatic nitrogens is 2. The van der Waals surface area contributed by atoms with Gasteiger partial charge in [-0.25, -0.2) is 13.8 Å². The Bertz CT molecular complexity index is 1230. The molecule has 0 saturated carbocycles. The lowest BCUT2D eigenvalue weighted by atomic mass is 10.1. The van der Waals surface area contributed by atoms with Gasteiger partial charge in [-0.3, -0.25) is 4.98 Å². The Balaban J connectivity index is 1.93. The van der Waals surface area contributed by atoms with Gasteiger partial charge in [0.1, 0.15) is 16.6 Å². The number of thiazole rings is 1. The molecule has 0 aliphatic rings. The van der Waals surface area contributed by atoms with Gasteiger partial charge in [0, 0.05) is 17.3 Å². The summed E-state index contributed by atoms with van der Waals surface area (Å²) >= 11 is 1.35. The Hall–Kier alpha value is -2.97. The summed E-state index contributed by atoms with van der Waals surface area (Å²) in [6, 6.07) is 15.3. The first-order chi connectivity index (χ1) is 13.5. The van der Waals surface area contributed by atoms with Gasteiger partial charge in [0.05, 0.1) is 10.6 Å². The monoisotopic (exact) mass is 412 g/mol. The lowest BCUT2D eigenvalue weighted by Crippen LogP contribution is -1.87. The van der Waals surface area contributed by atoms with Gasteiger partial charge in [-0.05, 0) is 53.1 Å². The Morgan fingerprint density at radius 2 is 1.68 bits per heavy atom. The van der Waals surface area contributed by atoms with Crippen molar-refractivity contribution in [3.8, 4) is 32.3 Å². The van der Waals surface area contributed by atoms with Gasteiger partial charge in [-0.2, -0.15) is 0 Å². The van der Waals surface area contributed by atoms with Crippen LogP contribution in [0.1, 0.15) is 0 Å². The standard InChI is InChI=1S/C20H12F2N3OS2/c21-15-6-4-12(5-7-15)20-25-18(13-2-1-3-16(22)10-13)19(27-20)14-8-9-24-17(11-14)28(23)26/h1-11,23H/q-1. The van der Waals surface area contributed by atoms with E-state index in [0.717, 1.165) is 10.4 Å². The van der Waals surface area contributed by atoms with E-state index in [2.05, 4.69) is 9.97 Å². The van der Waals surface area contributed by atoms with E-state index >= 15 is 0 Å². The van der Waals surface area contributed by atoms with Gasteiger partial charge >= 0.3 is 0 Å². The first-order valence-corrected chi connectivity index (χ1v) is 10.1. The van der Waals surface area contributed by atoms with Crippen LogP contribution in [0.25, 0.3) is 32.3 Å². The molecule has 0 unspecified atom stereocenters. The maximum absolute atomic E-state index is 13.8. The molecule has 0 bridgehead atoms. The van der Waals surface area contributed by atoms with Gasteiger partial charge in [0.25, 0.3) is 0 Å². The molecule has 2 aromatic heterocycles. The van der Waals surface area contributed by atoms with E-state index in [4.69, 9.17) is 4.78 Å². The van der Waals surface area contributed by atoms with Crippen molar-refractivity contribution in [2.24, 2.45) is 0 Å². The Morgan fingerprint density at radius 3 is 2.39 bits per heavy atom. The SMILES string of the molecule is N=[S-](=O)c1cc(-c2sc(-c3ccc(F)cc3)nc2-c2cccc(F)c2)ccn1. The predicted octanol–water partition coefficient (Wildman–Crippen LogP) is 5.90. The van der Waals surface area contributed by atoms with E-state index in [-0.39, 0.29) is 16.7 Å². The highest BCUT2D eigenvalue weighted by Crippen LogP contribution is 2.40. The van der Waals surface area contributed by atoms with E-state index in [9.17, 15) is 13.0 Å². The van der Waals surface area contributed by atoms with Gasteiger partial charge in [-0.15, -0.1) is 21.9 Å². The van der Waals surface area contributed by atoms with Crippen LogP contribution < -0.4 is 0 Å². The van der Waals surface area contributed by atoms with Crippen molar-refractivity contribution < 1.29 is 13.0 Å². The van der Waals surface area contributed by atoms with Crippen molar-refractivity contribution in [2.45, 2.75) is 5.03 Å². The lowest BCUT2D eigenvalue weighted by molar-refractivity contribution is 0.597.